The molecule has 0 radical (unpaired) electrons. The summed E-state index contributed by atoms with van der Waals surface area (Å²) < 4.78 is 0. The molecule has 2 rings (SSSR count). The maximum Gasteiger partial charge on any atom is 0.254 e. The van der Waals surface area contributed by atoms with Gasteiger partial charge in [0.15, 0.2) is 0 Å². The van der Waals surface area contributed by atoms with E-state index < -0.39 is 0 Å². The van der Waals surface area contributed by atoms with E-state index >= 15 is 0 Å². The quantitative estimate of drug-likeness (QED) is 0.663. The van der Waals surface area contributed by atoms with Crippen molar-refractivity contribution in [2.75, 3.05) is 31.2 Å². The van der Waals surface area contributed by atoms with Crippen molar-refractivity contribution in [2.45, 2.75) is 25.7 Å². The van der Waals surface area contributed by atoms with Crippen LogP contribution in [0.25, 0.3) is 0 Å². The van der Waals surface area contributed by atoms with Gasteiger partial charge in [0.2, 0.25) is 5.91 Å². The van der Waals surface area contributed by atoms with E-state index in [4.69, 9.17) is 5.73 Å². The third-order valence-electron chi connectivity index (χ3n) is 4.38. The largest absolute Gasteiger partial charge is 0.341 e. The van der Waals surface area contributed by atoms with Crippen LogP contribution in [0.2, 0.25) is 0 Å². The molecular weight excluding hydrogens is 370 g/mol. The number of hydrogen-bond donors (Lipinski definition) is 2. The molecule has 0 aromatic heterocycles. The molecule has 0 atom stereocenters. The Balaban J connectivity index is 2.02. The average molecular weight is 400 g/mol. The summed E-state index contributed by atoms with van der Waals surface area (Å²) in [5.41, 5.74) is 8.15. The Bertz CT molecular complexity index is 819. The Labute approximate surface area is 171 Å². The number of thioether (sulfide) groups is 1. The second-order valence-corrected chi connectivity index (χ2v) is 8.75. The number of anilines is 1. The van der Waals surface area contributed by atoms with E-state index in [1.807, 2.05) is 63.2 Å². The minimum absolute atomic E-state index is 0.0661. The van der Waals surface area contributed by atoms with Crippen molar-refractivity contribution in [2.24, 2.45) is 11.1 Å². The van der Waals surface area contributed by atoms with Crippen LogP contribution in [0, 0.1) is 12.3 Å². The zero-order valence-corrected chi connectivity index (χ0v) is 17.8. The van der Waals surface area contributed by atoms with Gasteiger partial charge < -0.3 is 16.0 Å². The Kier molecular flexibility index (Phi) is 7.66. The molecule has 28 heavy (non-hydrogen) atoms. The molecular formula is C22H29N3O2S. The van der Waals surface area contributed by atoms with Crippen molar-refractivity contribution in [3.05, 3.63) is 59.7 Å². The van der Waals surface area contributed by atoms with Crippen molar-refractivity contribution in [1.29, 1.82) is 0 Å². The molecule has 0 saturated carbocycles. The van der Waals surface area contributed by atoms with Crippen LogP contribution in [0.5, 0.6) is 0 Å². The number of nitrogens with one attached hydrogen (secondary N) is 1. The van der Waals surface area contributed by atoms with E-state index in [0.717, 1.165) is 16.1 Å². The van der Waals surface area contributed by atoms with Crippen molar-refractivity contribution in [3.8, 4) is 0 Å². The maximum atomic E-state index is 12.9. The molecule has 2 aromatic carbocycles. The van der Waals surface area contributed by atoms with Gasteiger partial charge in [-0.1, -0.05) is 43.7 Å². The summed E-state index contributed by atoms with van der Waals surface area (Å²) >= 11 is 1.36. The lowest BCUT2D eigenvalue weighted by molar-refractivity contribution is -0.113. The monoisotopic (exact) mass is 399 g/mol. The number of carbonyl (C=O) groups is 2. The number of nitrogens with zero attached hydrogens (tertiary/aromatic N) is 1. The van der Waals surface area contributed by atoms with Gasteiger partial charge in [-0.25, -0.2) is 0 Å². The van der Waals surface area contributed by atoms with E-state index in [-0.39, 0.29) is 23.0 Å². The van der Waals surface area contributed by atoms with E-state index in [1.165, 1.54) is 11.8 Å². The number of rotatable bonds is 8. The molecule has 0 unspecified atom stereocenters. The molecule has 6 heteroatoms. The van der Waals surface area contributed by atoms with Crippen LogP contribution in [0.15, 0.2) is 53.4 Å². The van der Waals surface area contributed by atoms with Gasteiger partial charge in [0, 0.05) is 24.2 Å². The number of carbonyl (C=O) groups excluding carboxylic acids is 2. The molecule has 0 aliphatic rings. The number of aryl methyl sites for hydroxylation is 1. The number of hydrogen-bond acceptors (Lipinski definition) is 4. The smallest absolute Gasteiger partial charge is 0.254 e. The SMILES string of the molecule is Cc1ccc(NC(=O)CSc2ccccc2C(=O)N(C)CC(C)(C)CN)cc1. The Morgan fingerprint density at radius 2 is 1.75 bits per heavy atom. The van der Waals surface area contributed by atoms with Gasteiger partial charge in [-0.05, 0) is 43.1 Å². The van der Waals surface area contributed by atoms with Crippen molar-refractivity contribution >= 4 is 29.3 Å². The van der Waals surface area contributed by atoms with E-state index in [1.54, 1.807) is 18.0 Å². The maximum absolute atomic E-state index is 12.9. The third kappa shape index (κ3) is 6.39. The van der Waals surface area contributed by atoms with Crippen LogP contribution in [0.4, 0.5) is 5.69 Å². The van der Waals surface area contributed by atoms with Gasteiger partial charge in [0.25, 0.3) is 5.91 Å². The molecule has 0 aliphatic heterocycles. The van der Waals surface area contributed by atoms with Crippen LogP contribution in [-0.2, 0) is 4.79 Å². The first-order chi connectivity index (χ1) is 13.2. The Morgan fingerprint density at radius 1 is 1.11 bits per heavy atom. The molecule has 0 heterocycles. The normalized spacial score (nSPS) is 11.2. The first-order valence-corrected chi connectivity index (χ1v) is 10.2. The van der Waals surface area contributed by atoms with E-state index in [2.05, 4.69) is 5.32 Å². The Hall–Kier alpha value is -2.31. The predicted octanol–water partition coefficient (Wildman–Crippen LogP) is 3.78. The number of benzene rings is 2. The predicted molar refractivity (Wildman–Crippen MR) is 117 cm³/mol. The highest BCUT2D eigenvalue weighted by Gasteiger charge is 2.23. The highest BCUT2D eigenvalue weighted by Crippen LogP contribution is 2.25. The lowest BCUT2D eigenvalue weighted by Crippen LogP contribution is -2.39. The molecule has 2 amide bonds. The fourth-order valence-electron chi connectivity index (χ4n) is 2.73. The minimum atomic E-state index is -0.152. The van der Waals surface area contributed by atoms with Crippen LogP contribution < -0.4 is 11.1 Å². The summed E-state index contributed by atoms with van der Waals surface area (Å²) in [6.45, 7) is 7.14. The summed E-state index contributed by atoms with van der Waals surface area (Å²) in [7, 11) is 1.78. The van der Waals surface area contributed by atoms with Crippen LogP contribution in [-0.4, -0.2) is 42.6 Å². The highest BCUT2D eigenvalue weighted by atomic mass is 32.2. The molecule has 0 fully saturated rings. The standard InChI is InChI=1S/C22H29N3O2S/c1-16-9-11-17(12-10-16)24-20(26)13-28-19-8-6-5-7-18(19)21(27)25(4)15-22(2,3)14-23/h5-12H,13-15,23H2,1-4H3,(H,24,26). The molecule has 0 bridgehead atoms. The second-order valence-electron chi connectivity index (χ2n) is 7.73. The van der Waals surface area contributed by atoms with Crippen LogP contribution in [0.1, 0.15) is 29.8 Å². The summed E-state index contributed by atoms with van der Waals surface area (Å²) in [5.74, 6) is 0.0631. The van der Waals surface area contributed by atoms with E-state index in [0.29, 0.717) is 18.7 Å². The lowest BCUT2D eigenvalue weighted by Gasteiger charge is -2.29. The summed E-state index contributed by atoms with van der Waals surface area (Å²) in [6.07, 6.45) is 0. The summed E-state index contributed by atoms with van der Waals surface area (Å²) in [6, 6.07) is 15.1. The van der Waals surface area contributed by atoms with Gasteiger partial charge in [0.1, 0.15) is 0 Å². The fraction of sp³-hybridized carbons (Fsp3) is 0.364. The number of nitrogens with two attached hydrogens (primary N) is 1. The zero-order valence-electron chi connectivity index (χ0n) is 17.0. The molecule has 5 nitrogen and oxygen atoms in total. The number of amides is 2. The topological polar surface area (TPSA) is 75.4 Å². The molecule has 0 spiro atoms. The van der Waals surface area contributed by atoms with Gasteiger partial charge in [-0.3, -0.25) is 9.59 Å². The average Bonchev–Trinajstić information content (AvgIpc) is 2.67. The van der Waals surface area contributed by atoms with Crippen LogP contribution in [0.3, 0.4) is 0 Å². The first-order valence-electron chi connectivity index (χ1n) is 9.26. The first kappa shape index (κ1) is 22.0. The van der Waals surface area contributed by atoms with Crippen molar-refractivity contribution in [1.82, 2.24) is 4.90 Å². The highest BCUT2D eigenvalue weighted by molar-refractivity contribution is 8.00. The molecule has 2 aromatic rings. The summed E-state index contributed by atoms with van der Waals surface area (Å²) in [5, 5.41) is 2.88. The van der Waals surface area contributed by atoms with Crippen molar-refractivity contribution < 1.29 is 9.59 Å². The summed E-state index contributed by atoms with van der Waals surface area (Å²) in [4.78, 5) is 27.7. The van der Waals surface area contributed by atoms with Crippen molar-refractivity contribution in [3.63, 3.8) is 0 Å². The zero-order chi connectivity index (χ0) is 20.7. The van der Waals surface area contributed by atoms with Gasteiger partial charge in [-0.15, -0.1) is 11.8 Å². The molecule has 0 aliphatic carbocycles. The molecule has 0 saturated heterocycles. The van der Waals surface area contributed by atoms with Gasteiger partial charge >= 0.3 is 0 Å². The molecule has 150 valence electrons. The minimum Gasteiger partial charge on any atom is -0.341 e. The molecule has 3 N–H and O–H groups in total. The van der Waals surface area contributed by atoms with Gasteiger partial charge in [0.05, 0.1) is 11.3 Å². The van der Waals surface area contributed by atoms with Crippen LogP contribution >= 0.6 is 11.8 Å². The van der Waals surface area contributed by atoms with E-state index in [9.17, 15) is 9.59 Å². The fourth-order valence-corrected chi connectivity index (χ4v) is 3.57. The Morgan fingerprint density at radius 3 is 2.39 bits per heavy atom. The third-order valence-corrected chi connectivity index (χ3v) is 5.45. The lowest BCUT2D eigenvalue weighted by atomic mass is 9.93. The second kappa shape index (κ2) is 9.75. The van der Waals surface area contributed by atoms with Gasteiger partial charge in [-0.2, -0.15) is 0 Å².